The van der Waals surface area contributed by atoms with Crippen molar-refractivity contribution in [3.8, 4) is 0 Å². The summed E-state index contributed by atoms with van der Waals surface area (Å²) >= 11 is 0. The molecule has 1 amide bonds. The molecular weight excluding hydrogens is 200 g/mol. The highest BCUT2D eigenvalue weighted by Gasteiger charge is 2.21. The Morgan fingerprint density at radius 3 is 2.44 bits per heavy atom. The minimum absolute atomic E-state index is 0.169. The molecular formula is C13H26N2O. The Hall–Kier alpha value is -0.570. The number of nitrogens with one attached hydrogen (secondary N) is 1. The van der Waals surface area contributed by atoms with Crippen molar-refractivity contribution < 1.29 is 4.79 Å². The molecule has 1 rings (SSSR count). The second-order valence-electron chi connectivity index (χ2n) is 5.08. The van der Waals surface area contributed by atoms with Gasteiger partial charge in [-0.15, -0.1) is 0 Å². The van der Waals surface area contributed by atoms with E-state index < -0.39 is 0 Å². The second-order valence-corrected chi connectivity index (χ2v) is 5.08. The molecule has 16 heavy (non-hydrogen) atoms. The lowest BCUT2D eigenvalue weighted by Gasteiger charge is -2.33. The molecule has 1 fully saturated rings. The molecule has 0 heterocycles. The van der Waals surface area contributed by atoms with Gasteiger partial charge in [0.2, 0.25) is 5.91 Å². The SMILES string of the molecule is CCN(CC(=O)NC(C)C)C1CCCCC1. The molecule has 0 spiro atoms. The summed E-state index contributed by atoms with van der Waals surface area (Å²) in [7, 11) is 0. The predicted octanol–water partition coefficient (Wildman–Crippen LogP) is 2.17. The third kappa shape index (κ3) is 4.52. The first-order chi connectivity index (χ1) is 7.63. The summed E-state index contributed by atoms with van der Waals surface area (Å²) < 4.78 is 0. The van der Waals surface area contributed by atoms with Gasteiger partial charge in [0.1, 0.15) is 0 Å². The van der Waals surface area contributed by atoms with Crippen LogP contribution >= 0.6 is 0 Å². The summed E-state index contributed by atoms with van der Waals surface area (Å²) in [6.07, 6.45) is 6.55. The van der Waals surface area contributed by atoms with E-state index in [-0.39, 0.29) is 11.9 Å². The number of carbonyl (C=O) groups is 1. The van der Waals surface area contributed by atoms with E-state index in [1.54, 1.807) is 0 Å². The van der Waals surface area contributed by atoms with Gasteiger partial charge in [-0.3, -0.25) is 9.69 Å². The maximum atomic E-state index is 11.7. The fourth-order valence-electron chi connectivity index (χ4n) is 2.50. The van der Waals surface area contributed by atoms with Crippen molar-refractivity contribution in [1.29, 1.82) is 0 Å². The van der Waals surface area contributed by atoms with Crippen LogP contribution in [0.4, 0.5) is 0 Å². The average molecular weight is 226 g/mol. The van der Waals surface area contributed by atoms with Gasteiger partial charge in [-0.2, -0.15) is 0 Å². The Morgan fingerprint density at radius 2 is 1.94 bits per heavy atom. The Labute approximate surface area is 99.6 Å². The van der Waals surface area contributed by atoms with Crippen molar-refractivity contribution >= 4 is 5.91 Å². The van der Waals surface area contributed by atoms with Crippen LogP contribution < -0.4 is 5.32 Å². The highest BCUT2D eigenvalue weighted by molar-refractivity contribution is 5.78. The molecule has 1 N–H and O–H groups in total. The van der Waals surface area contributed by atoms with Crippen LogP contribution in [-0.2, 0) is 4.79 Å². The lowest BCUT2D eigenvalue weighted by molar-refractivity contribution is -0.123. The standard InChI is InChI=1S/C13H26N2O/c1-4-15(10-13(16)14-11(2)3)12-8-6-5-7-9-12/h11-12H,4-10H2,1-3H3,(H,14,16). The third-order valence-electron chi connectivity index (χ3n) is 3.29. The van der Waals surface area contributed by atoms with Crippen molar-refractivity contribution in [3.05, 3.63) is 0 Å². The molecule has 0 aliphatic heterocycles. The summed E-state index contributed by atoms with van der Waals surface area (Å²) in [5, 5.41) is 2.97. The van der Waals surface area contributed by atoms with Gasteiger partial charge in [0.15, 0.2) is 0 Å². The van der Waals surface area contributed by atoms with E-state index >= 15 is 0 Å². The van der Waals surface area contributed by atoms with E-state index in [2.05, 4.69) is 17.1 Å². The fraction of sp³-hybridized carbons (Fsp3) is 0.923. The number of hydrogen-bond acceptors (Lipinski definition) is 2. The summed E-state index contributed by atoms with van der Waals surface area (Å²) in [5.74, 6) is 0.169. The molecule has 3 nitrogen and oxygen atoms in total. The maximum Gasteiger partial charge on any atom is 0.234 e. The zero-order chi connectivity index (χ0) is 12.0. The van der Waals surface area contributed by atoms with E-state index in [0.717, 1.165) is 6.54 Å². The first-order valence-corrected chi connectivity index (χ1v) is 6.67. The van der Waals surface area contributed by atoms with Crippen LogP contribution in [0.3, 0.4) is 0 Å². The van der Waals surface area contributed by atoms with Crippen molar-refractivity contribution in [2.75, 3.05) is 13.1 Å². The van der Waals surface area contributed by atoms with E-state index in [1.165, 1.54) is 32.1 Å². The Morgan fingerprint density at radius 1 is 1.31 bits per heavy atom. The summed E-state index contributed by atoms with van der Waals surface area (Å²) in [5.41, 5.74) is 0. The molecule has 0 aromatic heterocycles. The number of amides is 1. The molecule has 1 aliphatic carbocycles. The number of rotatable bonds is 5. The summed E-state index contributed by atoms with van der Waals surface area (Å²) in [6, 6.07) is 0.884. The highest BCUT2D eigenvalue weighted by atomic mass is 16.2. The Balaban J connectivity index is 2.37. The van der Waals surface area contributed by atoms with Crippen LogP contribution in [0.2, 0.25) is 0 Å². The third-order valence-corrected chi connectivity index (χ3v) is 3.29. The molecule has 0 unspecified atom stereocenters. The van der Waals surface area contributed by atoms with Gasteiger partial charge >= 0.3 is 0 Å². The first-order valence-electron chi connectivity index (χ1n) is 6.67. The Bertz CT molecular complexity index is 210. The van der Waals surface area contributed by atoms with Gasteiger partial charge in [0.05, 0.1) is 6.54 Å². The average Bonchev–Trinajstić information content (AvgIpc) is 2.26. The van der Waals surface area contributed by atoms with E-state index in [4.69, 9.17) is 0 Å². The van der Waals surface area contributed by atoms with E-state index in [9.17, 15) is 4.79 Å². The largest absolute Gasteiger partial charge is 0.353 e. The molecule has 0 aromatic carbocycles. The molecule has 0 radical (unpaired) electrons. The number of carbonyl (C=O) groups excluding carboxylic acids is 1. The lowest BCUT2D eigenvalue weighted by atomic mass is 9.94. The molecule has 0 saturated heterocycles. The van der Waals surface area contributed by atoms with Gasteiger partial charge in [-0.05, 0) is 33.2 Å². The van der Waals surface area contributed by atoms with Gasteiger partial charge in [0, 0.05) is 12.1 Å². The lowest BCUT2D eigenvalue weighted by Crippen LogP contribution is -2.45. The van der Waals surface area contributed by atoms with Crippen LogP contribution in [0.15, 0.2) is 0 Å². The van der Waals surface area contributed by atoms with Gasteiger partial charge in [0.25, 0.3) is 0 Å². The normalized spacial score (nSPS) is 18.1. The molecule has 0 bridgehead atoms. The molecule has 0 aromatic rings. The number of likely N-dealkylation sites (N-methyl/N-ethyl adjacent to an activating group) is 1. The summed E-state index contributed by atoms with van der Waals surface area (Å²) in [6.45, 7) is 7.72. The molecule has 1 aliphatic rings. The first kappa shape index (κ1) is 13.5. The van der Waals surface area contributed by atoms with E-state index in [0.29, 0.717) is 12.6 Å². The molecule has 1 saturated carbocycles. The van der Waals surface area contributed by atoms with E-state index in [1.807, 2.05) is 13.8 Å². The smallest absolute Gasteiger partial charge is 0.234 e. The Kier molecular flexibility index (Phi) is 5.81. The number of nitrogens with zero attached hydrogens (tertiary/aromatic N) is 1. The van der Waals surface area contributed by atoms with Gasteiger partial charge < -0.3 is 5.32 Å². The molecule has 0 atom stereocenters. The second kappa shape index (κ2) is 6.89. The minimum atomic E-state index is 0.169. The monoisotopic (exact) mass is 226 g/mol. The van der Waals surface area contributed by atoms with Gasteiger partial charge in [-0.1, -0.05) is 26.2 Å². The van der Waals surface area contributed by atoms with Crippen molar-refractivity contribution in [2.45, 2.75) is 65.0 Å². The quantitative estimate of drug-likeness (QED) is 0.779. The van der Waals surface area contributed by atoms with Crippen LogP contribution in [0.1, 0.15) is 52.9 Å². The molecule has 3 heteroatoms. The zero-order valence-electron chi connectivity index (χ0n) is 11.0. The fourth-order valence-corrected chi connectivity index (χ4v) is 2.50. The minimum Gasteiger partial charge on any atom is -0.353 e. The van der Waals surface area contributed by atoms with Crippen molar-refractivity contribution in [1.82, 2.24) is 10.2 Å². The zero-order valence-corrected chi connectivity index (χ0v) is 11.0. The van der Waals surface area contributed by atoms with Crippen LogP contribution in [0, 0.1) is 0 Å². The van der Waals surface area contributed by atoms with Crippen molar-refractivity contribution in [3.63, 3.8) is 0 Å². The topological polar surface area (TPSA) is 32.3 Å². The summed E-state index contributed by atoms with van der Waals surface area (Å²) in [4.78, 5) is 14.0. The highest BCUT2D eigenvalue weighted by Crippen LogP contribution is 2.22. The van der Waals surface area contributed by atoms with Crippen LogP contribution in [0.5, 0.6) is 0 Å². The number of hydrogen-bond donors (Lipinski definition) is 1. The van der Waals surface area contributed by atoms with Crippen molar-refractivity contribution in [2.24, 2.45) is 0 Å². The molecule has 94 valence electrons. The van der Waals surface area contributed by atoms with Crippen LogP contribution in [-0.4, -0.2) is 36.0 Å². The maximum absolute atomic E-state index is 11.7. The van der Waals surface area contributed by atoms with Gasteiger partial charge in [-0.25, -0.2) is 0 Å². The van der Waals surface area contributed by atoms with Crippen LogP contribution in [0.25, 0.3) is 0 Å². The predicted molar refractivity (Wildman–Crippen MR) is 67.4 cm³/mol.